The summed E-state index contributed by atoms with van der Waals surface area (Å²) in [5, 5.41) is 10.9. The van der Waals surface area contributed by atoms with Gasteiger partial charge in [-0.15, -0.1) is 0 Å². The highest BCUT2D eigenvalue weighted by Crippen LogP contribution is 2.75. The van der Waals surface area contributed by atoms with E-state index in [0.717, 1.165) is 5.57 Å². The molecule has 34 heavy (non-hydrogen) atoms. The van der Waals surface area contributed by atoms with Crippen LogP contribution in [0.4, 0.5) is 22.0 Å². The van der Waals surface area contributed by atoms with E-state index in [0.29, 0.717) is 45.3 Å². The normalized spacial score (nSPS) is 48.9. The number of alkyl halides is 5. The van der Waals surface area contributed by atoms with Crippen molar-refractivity contribution in [3.8, 4) is 0 Å². The Balaban J connectivity index is 1.29. The molecule has 5 fully saturated rings. The van der Waals surface area contributed by atoms with E-state index in [1.807, 2.05) is 6.08 Å². The van der Waals surface area contributed by atoms with Crippen LogP contribution in [0, 0.1) is 22.7 Å². The molecule has 2 aliphatic heterocycles. The fourth-order valence-corrected chi connectivity index (χ4v) is 8.34. The number of fused-ring (bicyclic) bond motifs is 3. The SMILES string of the molecule is CC1(C)COC2(CC[C@]34O[C@]3(CC[C@@H]3C4=CC[C@@]4(C)[C@H]3CC[C@@]4(O)C(F)(F)C(F)(F)F)C2)OC1. The Kier molecular flexibility index (Phi) is 4.43. The zero-order valence-corrected chi connectivity index (χ0v) is 19.9. The van der Waals surface area contributed by atoms with Crippen LogP contribution in [0.15, 0.2) is 11.6 Å². The summed E-state index contributed by atoms with van der Waals surface area (Å²) in [6, 6.07) is 0. The number of hydrogen-bond donors (Lipinski definition) is 1. The molecule has 192 valence electrons. The van der Waals surface area contributed by atoms with Crippen LogP contribution in [0.1, 0.15) is 72.1 Å². The van der Waals surface area contributed by atoms with Crippen molar-refractivity contribution in [3.05, 3.63) is 11.6 Å². The molecule has 1 N–H and O–H groups in total. The molecule has 4 aliphatic carbocycles. The Labute approximate surface area is 196 Å². The van der Waals surface area contributed by atoms with Gasteiger partial charge in [0.15, 0.2) is 5.79 Å². The van der Waals surface area contributed by atoms with Crippen molar-refractivity contribution in [1.29, 1.82) is 0 Å². The molecule has 2 saturated heterocycles. The summed E-state index contributed by atoms with van der Waals surface area (Å²) >= 11 is 0. The third kappa shape index (κ3) is 2.63. The van der Waals surface area contributed by atoms with E-state index in [9.17, 15) is 27.1 Å². The van der Waals surface area contributed by atoms with Crippen molar-refractivity contribution in [2.24, 2.45) is 22.7 Å². The Morgan fingerprint density at radius 1 is 0.941 bits per heavy atom. The lowest BCUT2D eigenvalue weighted by Gasteiger charge is -2.54. The van der Waals surface area contributed by atoms with E-state index >= 15 is 0 Å². The highest BCUT2D eigenvalue weighted by atomic mass is 19.4. The van der Waals surface area contributed by atoms with Crippen LogP contribution >= 0.6 is 0 Å². The number of aliphatic hydroxyl groups is 1. The second-order valence-electron chi connectivity index (χ2n) is 12.8. The summed E-state index contributed by atoms with van der Waals surface area (Å²) in [4.78, 5) is 0. The van der Waals surface area contributed by atoms with Gasteiger partial charge in [0.25, 0.3) is 0 Å². The van der Waals surface area contributed by atoms with E-state index in [4.69, 9.17) is 14.2 Å². The summed E-state index contributed by atoms with van der Waals surface area (Å²) in [5.74, 6) is -6.44. The van der Waals surface area contributed by atoms with Gasteiger partial charge in [-0.1, -0.05) is 26.8 Å². The first-order valence-electron chi connectivity index (χ1n) is 12.4. The minimum absolute atomic E-state index is 0.0147. The lowest BCUT2D eigenvalue weighted by Crippen LogP contribution is -2.65. The molecule has 6 aliphatic rings. The van der Waals surface area contributed by atoms with Crippen LogP contribution < -0.4 is 0 Å². The van der Waals surface area contributed by atoms with Crippen LogP contribution in [0.25, 0.3) is 0 Å². The van der Waals surface area contributed by atoms with Gasteiger partial charge >= 0.3 is 12.1 Å². The molecule has 2 heterocycles. The molecule has 6 rings (SSSR count). The molecule has 0 aromatic carbocycles. The fraction of sp³-hybridized carbons (Fsp3) is 0.920. The smallest absolute Gasteiger partial charge is 0.383 e. The van der Waals surface area contributed by atoms with Gasteiger partial charge < -0.3 is 19.3 Å². The molecule has 9 heteroatoms. The van der Waals surface area contributed by atoms with Crippen LogP contribution in [-0.4, -0.2) is 53.0 Å². The first-order valence-corrected chi connectivity index (χ1v) is 12.4. The maximum atomic E-state index is 14.6. The zero-order valence-electron chi connectivity index (χ0n) is 19.9. The fourth-order valence-electron chi connectivity index (χ4n) is 8.34. The zero-order chi connectivity index (χ0) is 24.6. The standard InChI is InChI=1S/C25H33F5O4/c1-18(2)13-32-21(33-14-18)10-11-22-17-5-7-19(3)16(15(17)4-8-20(22,12-21)34-22)6-9-23(19,31)24(26,27)25(28,29)30/h5,15-16,31H,4,6-14H2,1-3H3/t15-,16-,19-,20+,22+,23-/m0/s1. The van der Waals surface area contributed by atoms with E-state index in [2.05, 4.69) is 13.8 Å². The predicted octanol–water partition coefficient (Wildman–Crippen LogP) is 5.53. The quantitative estimate of drug-likeness (QED) is 0.297. The molecular formula is C25H33F5O4. The molecule has 3 saturated carbocycles. The summed E-state index contributed by atoms with van der Waals surface area (Å²) in [6.45, 7) is 6.83. The number of hydrogen-bond acceptors (Lipinski definition) is 4. The minimum Gasteiger partial charge on any atom is -0.383 e. The van der Waals surface area contributed by atoms with E-state index < -0.39 is 52.4 Å². The highest BCUT2D eigenvalue weighted by Gasteiger charge is 2.82. The number of epoxide rings is 1. The third-order valence-corrected chi connectivity index (χ3v) is 10.3. The first-order chi connectivity index (χ1) is 15.6. The number of rotatable bonds is 1. The van der Waals surface area contributed by atoms with Gasteiger partial charge in [-0.25, -0.2) is 0 Å². The van der Waals surface area contributed by atoms with Crippen LogP contribution in [0.2, 0.25) is 0 Å². The van der Waals surface area contributed by atoms with Gasteiger partial charge in [0.1, 0.15) is 16.8 Å². The molecule has 0 amide bonds. The largest absolute Gasteiger partial charge is 0.456 e. The average Bonchev–Trinajstić information content (AvgIpc) is 3.35. The second-order valence-corrected chi connectivity index (χ2v) is 12.8. The highest BCUT2D eigenvalue weighted by molar-refractivity contribution is 5.44. The summed E-state index contributed by atoms with van der Waals surface area (Å²) < 4.78 is 88.2. The van der Waals surface area contributed by atoms with Crippen molar-refractivity contribution in [2.45, 2.75) is 107 Å². The Bertz CT molecular complexity index is 936. The summed E-state index contributed by atoms with van der Waals surface area (Å²) in [5.41, 5.74) is -4.60. The third-order valence-electron chi connectivity index (χ3n) is 10.3. The van der Waals surface area contributed by atoms with Crippen molar-refractivity contribution in [1.82, 2.24) is 0 Å². The Morgan fingerprint density at radius 3 is 2.26 bits per heavy atom. The van der Waals surface area contributed by atoms with Gasteiger partial charge in [-0.3, -0.25) is 0 Å². The van der Waals surface area contributed by atoms with Gasteiger partial charge in [-0.2, -0.15) is 22.0 Å². The Morgan fingerprint density at radius 2 is 1.62 bits per heavy atom. The van der Waals surface area contributed by atoms with Gasteiger partial charge in [0, 0.05) is 23.7 Å². The monoisotopic (exact) mass is 492 g/mol. The van der Waals surface area contributed by atoms with Crippen molar-refractivity contribution >= 4 is 0 Å². The van der Waals surface area contributed by atoms with E-state index in [1.165, 1.54) is 6.92 Å². The lowest BCUT2D eigenvalue weighted by atomic mass is 9.52. The molecule has 0 unspecified atom stereocenters. The molecule has 1 spiro atoms. The maximum absolute atomic E-state index is 14.6. The van der Waals surface area contributed by atoms with Crippen LogP contribution in [0.5, 0.6) is 0 Å². The molecule has 0 aromatic rings. The van der Waals surface area contributed by atoms with E-state index in [-0.39, 0.29) is 24.2 Å². The number of ether oxygens (including phenoxy) is 3. The summed E-state index contributed by atoms with van der Waals surface area (Å²) in [6.07, 6.45) is -1.11. The average molecular weight is 493 g/mol. The van der Waals surface area contributed by atoms with Crippen molar-refractivity contribution in [3.63, 3.8) is 0 Å². The topological polar surface area (TPSA) is 51.2 Å². The molecule has 4 nitrogen and oxygen atoms in total. The number of halogens is 5. The summed E-state index contributed by atoms with van der Waals surface area (Å²) in [7, 11) is 0. The minimum atomic E-state index is -5.80. The maximum Gasteiger partial charge on any atom is 0.456 e. The van der Waals surface area contributed by atoms with Crippen molar-refractivity contribution in [2.75, 3.05) is 13.2 Å². The van der Waals surface area contributed by atoms with Crippen molar-refractivity contribution < 1.29 is 41.3 Å². The van der Waals surface area contributed by atoms with Gasteiger partial charge in [0.05, 0.1) is 13.2 Å². The first kappa shape index (κ1) is 23.6. The van der Waals surface area contributed by atoms with Gasteiger partial charge in [-0.05, 0) is 55.9 Å². The molecule has 0 bridgehead atoms. The lowest BCUT2D eigenvalue weighted by molar-refractivity contribution is -0.361. The van der Waals surface area contributed by atoms with E-state index in [1.54, 1.807) is 0 Å². The predicted molar refractivity (Wildman–Crippen MR) is 111 cm³/mol. The van der Waals surface area contributed by atoms with Crippen LogP contribution in [-0.2, 0) is 14.2 Å². The van der Waals surface area contributed by atoms with Gasteiger partial charge in [0.2, 0.25) is 0 Å². The molecule has 0 radical (unpaired) electrons. The Hall–Kier alpha value is -0.770. The van der Waals surface area contributed by atoms with Crippen LogP contribution in [0.3, 0.4) is 0 Å². The molecular weight excluding hydrogens is 459 g/mol. The number of allylic oxidation sites excluding steroid dienone is 1. The second kappa shape index (κ2) is 6.37. The molecule has 6 atom stereocenters. The molecule has 0 aromatic heterocycles.